The number of H-pyrrole nitrogens is 1. The first-order valence-electron chi connectivity index (χ1n) is 9.01. The normalized spacial score (nSPS) is 13.9. The van der Waals surface area contributed by atoms with Gasteiger partial charge >= 0.3 is 0 Å². The van der Waals surface area contributed by atoms with Crippen molar-refractivity contribution in [3.8, 4) is 0 Å². The van der Waals surface area contributed by atoms with Crippen LogP contribution in [0, 0.1) is 6.92 Å². The number of nitrogens with one attached hydrogen (secondary N) is 2. The molecule has 27 heavy (non-hydrogen) atoms. The maximum atomic E-state index is 12.6. The van der Waals surface area contributed by atoms with Crippen molar-refractivity contribution in [2.45, 2.75) is 19.8 Å². The van der Waals surface area contributed by atoms with E-state index in [1.807, 2.05) is 30.0 Å². The summed E-state index contributed by atoms with van der Waals surface area (Å²) in [6.45, 7) is 3.52. The van der Waals surface area contributed by atoms with Crippen LogP contribution >= 0.6 is 11.6 Å². The van der Waals surface area contributed by atoms with Crippen LogP contribution in [0.1, 0.15) is 39.3 Å². The number of anilines is 1. The van der Waals surface area contributed by atoms with Crippen LogP contribution in [0.15, 0.2) is 42.5 Å². The Kier molecular flexibility index (Phi) is 4.62. The number of halogens is 1. The van der Waals surface area contributed by atoms with Crippen LogP contribution in [0.25, 0.3) is 10.9 Å². The summed E-state index contributed by atoms with van der Waals surface area (Å²) in [5.74, 6) is -0.192. The molecule has 1 aromatic heterocycles. The molecule has 138 valence electrons. The van der Waals surface area contributed by atoms with E-state index in [4.69, 9.17) is 11.6 Å². The molecule has 0 unspecified atom stereocenters. The molecule has 2 N–H and O–H groups in total. The van der Waals surface area contributed by atoms with E-state index in [1.165, 1.54) is 0 Å². The molecule has 0 radical (unpaired) electrons. The highest BCUT2D eigenvalue weighted by atomic mass is 35.5. The number of aromatic nitrogens is 1. The second kappa shape index (κ2) is 7.08. The van der Waals surface area contributed by atoms with Gasteiger partial charge in [-0.25, -0.2) is 0 Å². The zero-order valence-corrected chi connectivity index (χ0v) is 15.8. The Morgan fingerprint density at radius 1 is 1.11 bits per heavy atom. The number of amides is 2. The lowest BCUT2D eigenvalue weighted by atomic mass is 10.1. The van der Waals surface area contributed by atoms with Gasteiger partial charge < -0.3 is 15.2 Å². The Balaban J connectivity index is 1.53. The molecular formula is C21H20ClN3O2. The van der Waals surface area contributed by atoms with E-state index in [-0.39, 0.29) is 11.8 Å². The predicted molar refractivity (Wildman–Crippen MR) is 108 cm³/mol. The summed E-state index contributed by atoms with van der Waals surface area (Å²) in [5.41, 5.74) is 3.45. The van der Waals surface area contributed by atoms with E-state index in [0.29, 0.717) is 22.0 Å². The largest absolute Gasteiger partial charge is 0.350 e. The highest BCUT2D eigenvalue weighted by Gasteiger charge is 2.20. The fourth-order valence-electron chi connectivity index (χ4n) is 3.47. The van der Waals surface area contributed by atoms with Gasteiger partial charge in [0.2, 0.25) is 0 Å². The third-order valence-electron chi connectivity index (χ3n) is 4.97. The number of hydrogen-bond acceptors (Lipinski definition) is 2. The van der Waals surface area contributed by atoms with Gasteiger partial charge in [0, 0.05) is 40.3 Å². The number of nitrogens with zero attached hydrogens (tertiary/aromatic N) is 1. The number of benzene rings is 2. The van der Waals surface area contributed by atoms with Gasteiger partial charge in [-0.05, 0) is 61.7 Å². The number of carbonyl (C=O) groups is 2. The van der Waals surface area contributed by atoms with Crippen molar-refractivity contribution < 1.29 is 9.59 Å². The number of fused-ring (bicyclic) bond motifs is 1. The van der Waals surface area contributed by atoms with E-state index in [1.54, 1.807) is 24.3 Å². The summed E-state index contributed by atoms with van der Waals surface area (Å²) in [7, 11) is 0. The molecular weight excluding hydrogens is 362 g/mol. The standard InChI is InChI=1S/C21H20ClN3O2/c1-13-11-14(21(27)25-9-2-3-10-25)7-8-17(13)24-20(26)19-12-15-16(22)5-4-6-18(15)23-19/h4-8,11-12,23H,2-3,9-10H2,1H3,(H,24,26). The Hall–Kier alpha value is -2.79. The topological polar surface area (TPSA) is 65.2 Å². The van der Waals surface area contributed by atoms with E-state index in [2.05, 4.69) is 10.3 Å². The highest BCUT2D eigenvalue weighted by Crippen LogP contribution is 2.25. The van der Waals surface area contributed by atoms with E-state index >= 15 is 0 Å². The Morgan fingerprint density at radius 2 is 1.89 bits per heavy atom. The highest BCUT2D eigenvalue weighted by molar-refractivity contribution is 6.35. The number of likely N-dealkylation sites (tertiary alicyclic amines) is 1. The van der Waals surface area contributed by atoms with Crippen molar-refractivity contribution in [2.75, 3.05) is 18.4 Å². The fourth-order valence-corrected chi connectivity index (χ4v) is 3.70. The molecule has 6 heteroatoms. The van der Waals surface area contributed by atoms with Crippen LogP contribution < -0.4 is 5.32 Å². The first-order chi connectivity index (χ1) is 13.0. The fraction of sp³-hybridized carbons (Fsp3) is 0.238. The summed E-state index contributed by atoms with van der Waals surface area (Å²) in [4.78, 5) is 30.1. The van der Waals surface area contributed by atoms with Crippen LogP contribution in [-0.2, 0) is 0 Å². The SMILES string of the molecule is Cc1cc(C(=O)N2CCCC2)ccc1NC(=O)c1cc2c(Cl)cccc2[nH]1. The number of aryl methyl sites for hydroxylation is 1. The molecule has 2 heterocycles. The van der Waals surface area contributed by atoms with Crippen LogP contribution in [0.3, 0.4) is 0 Å². The Bertz CT molecular complexity index is 1040. The van der Waals surface area contributed by atoms with Gasteiger partial charge in [-0.15, -0.1) is 0 Å². The Labute approximate surface area is 162 Å². The summed E-state index contributed by atoms with van der Waals surface area (Å²) >= 11 is 6.17. The first-order valence-corrected chi connectivity index (χ1v) is 9.39. The average molecular weight is 382 g/mol. The maximum absolute atomic E-state index is 12.6. The van der Waals surface area contributed by atoms with Gasteiger partial charge in [0.1, 0.15) is 5.69 Å². The summed E-state index contributed by atoms with van der Waals surface area (Å²) in [6, 6.07) is 12.6. The monoisotopic (exact) mass is 381 g/mol. The predicted octanol–water partition coefficient (Wildman–Crippen LogP) is 4.62. The van der Waals surface area contributed by atoms with Crippen molar-refractivity contribution in [3.05, 3.63) is 64.3 Å². The zero-order chi connectivity index (χ0) is 19.0. The van der Waals surface area contributed by atoms with Gasteiger partial charge in [0.15, 0.2) is 0 Å². The minimum absolute atomic E-state index is 0.0544. The zero-order valence-electron chi connectivity index (χ0n) is 15.0. The molecule has 0 atom stereocenters. The third kappa shape index (κ3) is 3.43. The number of carbonyl (C=O) groups excluding carboxylic acids is 2. The van der Waals surface area contributed by atoms with Gasteiger partial charge in [-0.3, -0.25) is 9.59 Å². The molecule has 1 aliphatic rings. The average Bonchev–Trinajstić information content (AvgIpc) is 3.33. The van der Waals surface area contributed by atoms with E-state index in [0.717, 1.165) is 42.4 Å². The number of hydrogen-bond donors (Lipinski definition) is 2. The van der Waals surface area contributed by atoms with Crippen molar-refractivity contribution in [2.24, 2.45) is 0 Å². The molecule has 2 aromatic carbocycles. The lowest BCUT2D eigenvalue weighted by Crippen LogP contribution is -2.27. The summed E-state index contributed by atoms with van der Waals surface area (Å²) in [6.07, 6.45) is 2.13. The molecule has 1 saturated heterocycles. The maximum Gasteiger partial charge on any atom is 0.272 e. The molecule has 1 fully saturated rings. The van der Waals surface area contributed by atoms with Crippen molar-refractivity contribution in [1.82, 2.24) is 9.88 Å². The summed E-state index contributed by atoms with van der Waals surface area (Å²) < 4.78 is 0. The summed E-state index contributed by atoms with van der Waals surface area (Å²) in [5, 5.41) is 4.32. The molecule has 0 spiro atoms. The molecule has 0 bridgehead atoms. The second-order valence-electron chi connectivity index (χ2n) is 6.87. The first kappa shape index (κ1) is 17.6. The quantitative estimate of drug-likeness (QED) is 0.695. The third-order valence-corrected chi connectivity index (χ3v) is 5.30. The van der Waals surface area contributed by atoms with Gasteiger partial charge in [0.25, 0.3) is 11.8 Å². The molecule has 2 amide bonds. The number of rotatable bonds is 3. The minimum atomic E-state index is -0.246. The van der Waals surface area contributed by atoms with Crippen LogP contribution in [0.2, 0.25) is 5.02 Å². The Morgan fingerprint density at radius 3 is 2.59 bits per heavy atom. The van der Waals surface area contributed by atoms with Crippen molar-refractivity contribution in [3.63, 3.8) is 0 Å². The van der Waals surface area contributed by atoms with Gasteiger partial charge in [-0.2, -0.15) is 0 Å². The molecule has 4 rings (SSSR count). The lowest BCUT2D eigenvalue weighted by molar-refractivity contribution is 0.0792. The van der Waals surface area contributed by atoms with E-state index in [9.17, 15) is 9.59 Å². The van der Waals surface area contributed by atoms with Crippen LogP contribution in [0.4, 0.5) is 5.69 Å². The van der Waals surface area contributed by atoms with E-state index < -0.39 is 0 Å². The number of aromatic amines is 1. The minimum Gasteiger partial charge on any atom is -0.350 e. The van der Waals surface area contributed by atoms with Crippen molar-refractivity contribution >= 4 is 40.0 Å². The second-order valence-corrected chi connectivity index (χ2v) is 7.27. The van der Waals surface area contributed by atoms with Gasteiger partial charge in [-0.1, -0.05) is 17.7 Å². The smallest absolute Gasteiger partial charge is 0.272 e. The lowest BCUT2D eigenvalue weighted by Gasteiger charge is -2.16. The van der Waals surface area contributed by atoms with Crippen LogP contribution in [-0.4, -0.2) is 34.8 Å². The van der Waals surface area contributed by atoms with Gasteiger partial charge in [0.05, 0.1) is 0 Å². The molecule has 0 aliphatic carbocycles. The van der Waals surface area contributed by atoms with Crippen molar-refractivity contribution in [1.29, 1.82) is 0 Å². The molecule has 1 aliphatic heterocycles. The van der Waals surface area contributed by atoms with Crippen LogP contribution in [0.5, 0.6) is 0 Å². The molecule has 3 aromatic rings. The molecule has 0 saturated carbocycles. The molecule has 5 nitrogen and oxygen atoms in total.